The Hall–Kier alpha value is -2.74. The maximum absolute atomic E-state index is 10.4. The molecule has 0 bridgehead atoms. The summed E-state index contributed by atoms with van der Waals surface area (Å²) in [6, 6.07) is 22.9. The summed E-state index contributed by atoms with van der Waals surface area (Å²) in [6.07, 6.45) is -1.36. The van der Waals surface area contributed by atoms with E-state index in [-0.39, 0.29) is 26.1 Å². The van der Waals surface area contributed by atoms with Crippen molar-refractivity contribution in [3.8, 4) is 5.75 Å². The number of ether oxygens (including phenoxy) is 2. The van der Waals surface area contributed by atoms with E-state index in [1.165, 1.54) is 0 Å². The van der Waals surface area contributed by atoms with Gasteiger partial charge in [0.2, 0.25) is 0 Å². The standard InChI is InChI=1S/C29H32ClNO5/c1-29(13-14-32)28(34)26(33)17-27(36-29)21-9-12-24(30)22(16-21)15-19-7-10-23(11-8-19)35-18-25(31)20-5-3-2-4-6-20/h2-12,16,26-28,31-34H,13-15,17-18H2,1H3/t26-,27-,28+,29-/m1/s1. The van der Waals surface area contributed by atoms with Crippen LogP contribution in [0.1, 0.15) is 48.1 Å². The fourth-order valence-electron chi connectivity index (χ4n) is 4.56. The van der Waals surface area contributed by atoms with Gasteiger partial charge in [0.05, 0.1) is 23.5 Å². The van der Waals surface area contributed by atoms with Crippen molar-refractivity contribution in [1.82, 2.24) is 0 Å². The Bertz CT molecular complexity index is 1170. The van der Waals surface area contributed by atoms with Gasteiger partial charge in [0.1, 0.15) is 18.5 Å². The zero-order valence-corrected chi connectivity index (χ0v) is 21.0. The minimum absolute atomic E-state index is 0.147. The molecule has 6 nitrogen and oxygen atoms in total. The van der Waals surface area contributed by atoms with Gasteiger partial charge in [-0.3, -0.25) is 0 Å². The van der Waals surface area contributed by atoms with Crippen LogP contribution in [-0.2, 0) is 11.2 Å². The van der Waals surface area contributed by atoms with E-state index in [9.17, 15) is 15.3 Å². The van der Waals surface area contributed by atoms with Crippen LogP contribution in [0.15, 0.2) is 72.8 Å². The predicted molar refractivity (Wildman–Crippen MR) is 140 cm³/mol. The molecule has 1 fully saturated rings. The molecule has 0 saturated carbocycles. The van der Waals surface area contributed by atoms with Gasteiger partial charge in [-0.25, -0.2) is 0 Å². The molecule has 4 rings (SSSR count). The average Bonchev–Trinajstić information content (AvgIpc) is 2.88. The Balaban J connectivity index is 1.42. The fraction of sp³-hybridized carbons (Fsp3) is 0.345. The number of aliphatic hydroxyl groups excluding tert-OH is 3. The molecule has 4 atom stereocenters. The summed E-state index contributed by atoms with van der Waals surface area (Å²) in [7, 11) is 0. The highest BCUT2D eigenvalue weighted by Gasteiger charge is 2.45. The molecule has 0 aliphatic carbocycles. The molecule has 0 amide bonds. The lowest BCUT2D eigenvalue weighted by atomic mass is 9.83. The summed E-state index contributed by atoms with van der Waals surface area (Å²) < 4.78 is 12.0. The quantitative estimate of drug-likeness (QED) is 0.313. The lowest BCUT2D eigenvalue weighted by Gasteiger charge is -2.45. The molecule has 1 aliphatic heterocycles. The van der Waals surface area contributed by atoms with Gasteiger partial charge in [-0.05, 0) is 53.8 Å². The molecule has 0 aromatic heterocycles. The summed E-state index contributed by atoms with van der Waals surface area (Å²) in [5, 5.41) is 39.1. The topological polar surface area (TPSA) is 103 Å². The molecule has 1 heterocycles. The van der Waals surface area contributed by atoms with E-state index in [2.05, 4.69) is 0 Å². The van der Waals surface area contributed by atoms with Crippen LogP contribution in [0, 0.1) is 5.41 Å². The number of halogens is 1. The van der Waals surface area contributed by atoms with Crippen LogP contribution >= 0.6 is 11.6 Å². The van der Waals surface area contributed by atoms with Gasteiger partial charge in [0.15, 0.2) is 0 Å². The maximum Gasteiger partial charge on any atom is 0.130 e. The average molecular weight is 510 g/mol. The van der Waals surface area contributed by atoms with Crippen LogP contribution in [0.3, 0.4) is 0 Å². The van der Waals surface area contributed by atoms with Crippen LogP contribution in [0.25, 0.3) is 0 Å². The number of hydrogen-bond acceptors (Lipinski definition) is 6. The minimum atomic E-state index is -1.06. The first-order valence-corrected chi connectivity index (χ1v) is 12.4. The molecule has 36 heavy (non-hydrogen) atoms. The first kappa shape index (κ1) is 26.3. The van der Waals surface area contributed by atoms with Crippen molar-refractivity contribution in [2.45, 2.75) is 50.1 Å². The van der Waals surface area contributed by atoms with E-state index in [0.29, 0.717) is 22.9 Å². The Morgan fingerprint density at radius 1 is 1.08 bits per heavy atom. The third-order valence-electron chi connectivity index (χ3n) is 6.73. The maximum atomic E-state index is 10.4. The Morgan fingerprint density at radius 2 is 1.81 bits per heavy atom. The molecule has 190 valence electrons. The van der Waals surface area contributed by atoms with Gasteiger partial charge in [-0.1, -0.05) is 66.2 Å². The normalized spacial score (nSPS) is 23.9. The predicted octanol–water partition coefficient (Wildman–Crippen LogP) is 4.70. The number of nitrogens with one attached hydrogen (secondary N) is 1. The molecule has 3 aromatic carbocycles. The zero-order valence-electron chi connectivity index (χ0n) is 20.2. The largest absolute Gasteiger partial charge is 0.487 e. The van der Waals surface area contributed by atoms with Crippen molar-refractivity contribution in [3.63, 3.8) is 0 Å². The molecule has 4 N–H and O–H groups in total. The second-order valence-electron chi connectivity index (χ2n) is 9.45. The van der Waals surface area contributed by atoms with Gasteiger partial charge < -0.3 is 30.2 Å². The lowest BCUT2D eigenvalue weighted by molar-refractivity contribution is -0.227. The SMILES string of the molecule is C[C@]1(CCO)O[C@@H](c2ccc(Cl)c(Cc3ccc(OCC(=N)c4ccccc4)cc3)c2)C[C@@H](O)[C@@H]1O. The number of rotatable bonds is 9. The van der Waals surface area contributed by atoms with Crippen LogP contribution in [0.4, 0.5) is 0 Å². The van der Waals surface area contributed by atoms with Crippen molar-refractivity contribution in [1.29, 1.82) is 5.41 Å². The molecule has 3 aromatic rings. The molecular weight excluding hydrogens is 478 g/mol. The second kappa shape index (κ2) is 11.5. The Morgan fingerprint density at radius 3 is 2.50 bits per heavy atom. The van der Waals surface area contributed by atoms with E-state index in [1.807, 2.05) is 72.8 Å². The summed E-state index contributed by atoms with van der Waals surface area (Å²) >= 11 is 6.51. The molecule has 0 unspecified atom stereocenters. The molecule has 1 aliphatic rings. The Kier molecular flexibility index (Phi) is 8.44. The molecule has 0 radical (unpaired) electrons. The fourth-order valence-corrected chi connectivity index (χ4v) is 4.75. The van der Waals surface area contributed by atoms with Crippen LogP contribution < -0.4 is 4.74 Å². The summed E-state index contributed by atoms with van der Waals surface area (Å²) in [5.41, 5.74) is 3.05. The van der Waals surface area contributed by atoms with E-state index in [0.717, 1.165) is 22.3 Å². The third-order valence-corrected chi connectivity index (χ3v) is 7.10. The zero-order chi connectivity index (χ0) is 25.7. The number of benzene rings is 3. The molecule has 0 spiro atoms. The van der Waals surface area contributed by atoms with E-state index >= 15 is 0 Å². The van der Waals surface area contributed by atoms with Gasteiger partial charge in [-0.2, -0.15) is 0 Å². The van der Waals surface area contributed by atoms with Gasteiger partial charge in [0.25, 0.3) is 0 Å². The number of hydrogen-bond donors (Lipinski definition) is 4. The van der Waals surface area contributed by atoms with Crippen molar-refractivity contribution in [2.24, 2.45) is 0 Å². The highest BCUT2D eigenvalue weighted by molar-refractivity contribution is 6.31. The van der Waals surface area contributed by atoms with Crippen molar-refractivity contribution >= 4 is 17.3 Å². The highest BCUT2D eigenvalue weighted by atomic mass is 35.5. The first-order valence-electron chi connectivity index (χ1n) is 12.1. The van der Waals surface area contributed by atoms with Crippen molar-refractivity contribution < 1.29 is 24.8 Å². The van der Waals surface area contributed by atoms with E-state index < -0.39 is 23.9 Å². The summed E-state index contributed by atoms with van der Waals surface area (Å²) in [4.78, 5) is 0. The van der Waals surface area contributed by atoms with Crippen molar-refractivity contribution in [2.75, 3.05) is 13.2 Å². The van der Waals surface area contributed by atoms with Crippen molar-refractivity contribution in [3.05, 3.63) is 100 Å². The van der Waals surface area contributed by atoms with Gasteiger partial charge in [-0.15, -0.1) is 0 Å². The number of aliphatic hydroxyl groups is 3. The minimum Gasteiger partial charge on any atom is -0.487 e. The first-order chi connectivity index (χ1) is 17.3. The third kappa shape index (κ3) is 6.14. The molecule has 7 heteroatoms. The summed E-state index contributed by atoms with van der Waals surface area (Å²) in [6.45, 7) is 1.76. The smallest absolute Gasteiger partial charge is 0.130 e. The van der Waals surface area contributed by atoms with E-state index in [1.54, 1.807) is 6.92 Å². The Labute approximate surface area is 216 Å². The summed E-state index contributed by atoms with van der Waals surface area (Å²) in [5.74, 6) is 0.686. The highest BCUT2D eigenvalue weighted by Crippen LogP contribution is 2.40. The van der Waals surface area contributed by atoms with Gasteiger partial charge in [0, 0.05) is 24.5 Å². The van der Waals surface area contributed by atoms with Crippen LogP contribution in [0.5, 0.6) is 5.75 Å². The lowest BCUT2D eigenvalue weighted by Crippen LogP contribution is -2.54. The van der Waals surface area contributed by atoms with Crippen LogP contribution in [0.2, 0.25) is 5.02 Å². The molecule has 1 saturated heterocycles. The molecular formula is C29H32ClNO5. The second-order valence-corrected chi connectivity index (χ2v) is 9.85. The monoisotopic (exact) mass is 509 g/mol. The van der Waals surface area contributed by atoms with Gasteiger partial charge >= 0.3 is 0 Å². The van der Waals surface area contributed by atoms with E-state index in [4.69, 9.17) is 26.5 Å². The van der Waals surface area contributed by atoms with Crippen LogP contribution in [-0.4, -0.2) is 52.1 Å².